The van der Waals surface area contributed by atoms with Crippen LogP contribution in [0.4, 0.5) is 0 Å². The summed E-state index contributed by atoms with van der Waals surface area (Å²) < 4.78 is 11.1. The molecule has 4 rings (SSSR count). The number of rotatable bonds is 5. The molecular formula is C21H16ClN3O4. The van der Waals surface area contributed by atoms with Crippen LogP contribution in [0, 0.1) is 6.92 Å². The van der Waals surface area contributed by atoms with Crippen LogP contribution in [0.15, 0.2) is 48.5 Å². The van der Waals surface area contributed by atoms with Gasteiger partial charge in [-0.1, -0.05) is 29.8 Å². The molecule has 0 bridgehead atoms. The summed E-state index contributed by atoms with van der Waals surface area (Å²) in [5.74, 6) is -0.0234. The lowest BCUT2D eigenvalue weighted by Gasteiger charge is -2.08. The number of para-hydroxylation sites is 1. The zero-order valence-corrected chi connectivity index (χ0v) is 16.3. The van der Waals surface area contributed by atoms with Crippen molar-refractivity contribution in [3.63, 3.8) is 0 Å². The lowest BCUT2D eigenvalue weighted by atomic mass is 10.1. The van der Waals surface area contributed by atoms with Gasteiger partial charge in [-0.05, 0) is 42.8 Å². The Morgan fingerprint density at radius 3 is 2.69 bits per heavy atom. The fraction of sp³-hybridized carbons (Fsp3) is 0.0952. The van der Waals surface area contributed by atoms with Crippen molar-refractivity contribution in [3.8, 4) is 28.8 Å². The first-order valence-electron chi connectivity index (χ1n) is 8.67. The number of ether oxygens (including phenoxy) is 2. The number of carboxylic acid groups (broad SMARTS) is 1. The summed E-state index contributed by atoms with van der Waals surface area (Å²) in [6, 6.07) is 14.1. The van der Waals surface area contributed by atoms with E-state index in [4.69, 9.17) is 21.1 Å². The molecule has 0 saturated carbocycles. The summed E-state index contributed by atoms with van der Waals surface area (Å²) >= 11 is 6.44. The number of methoxy groups -OCH3 is 1. The first-order chi connectivity index (χ1) is 14.0. The second-order valence-corrected chi connectivity index (χ2v) is 6.72. The largest absolute Gasteiger partial charge is 0.496 e. The van der Waals surface area contributed by atoms with Gasteiger partial charge in [0.05, 0.1) is 28.9 Å². The molecule has 7 nitrogen and oxygen atoms in total. The number of aromatic amines is 1. The number of fused-ring (bicyclic) bond motifs is 1. The predicted octanol–water partition coefficient (Wildman–Crippen LogP) is 5.09. The Morgan fingerprint density at radius 1 is 1.14 bits per heavy atom. The fourth-order valence-electron chi connectivity index (χ4n) is 2.98. The third-order valence-electron chi connectivity index (χ3n) is 4.42. The molecule has 0 aliphatic heterocycles. The minimum Gasteiger partial charge on any atom is -0.496 e. The molecular weight excluding hydrogens is 394 g/mol. The lowest BCUT2D eigenvalue weighted by molar-refractivity contribution is 0.0695. The number of aryl methyl sites for hydroxylation is 1. The first kappa shape index (κ1) is 18.8. The van der Waals surface area contributed by atoms with Gasteiger partial charge in [0.15, 0.2) is 5.65 Å². The summed E-state index contributed by atoms with van der Waals surface area (Å²) in [7, 11) is 1.58. The number of H-pyrrole nitrogens is 1. The zero-order valence-electron chi connectivity index (χ0n) is 15.6. The standard InChI is InChI=1S/C21H16ClN3O4/c1-11-7-8-12(9-14(11)20(26)27)29-21-23-16-10-15(22)18(24-19(16)25-21)13-5-3-4-6-17(13)28-2/h3-10H,1-2H3,(H,26,27)(H,23,24,25). The normalized spacial score (nSPS) is 10.9. The van der Waals surface area contributed by atoms with E-state index in [1.165, 1.54) is 6.07 Å². The smallest absolute Gasteiger partial charge is 0.336 e. The minimum atomic E-state index is -1.02. The van der Waals surface area contributed by atoms with Crippen LogP contribution in [0.25, 0.3) is 22.4 Å². The Kier molecular flexibility index (Phi) is 4.82. The molecule has 0 aliphatic carbocycles. The van der Waals surface area contributed by atoms with Gasteiger partial charge in [-0.2, -0.15) is 4.98 Å². The number of hydrogen-bond acceptors (Lipinski definition) is 5. The van der Waals surface area contributed by atoms with Crippen molar-refractivity contribution in [2.45, 2.75) is 6.92 Å². The Balaban J connectivity index is 1.72. The van der Waals surface area contributed by atoms with Gasteiger partial charge in [0, 0.05) is 5.56 Å². The highest BCUT2D eigenvalue weighted by Gasteiger charge is 2.16. The number of carboxylic acids is 1. The van der Waals surface area contributed by atoms with Crippen molar-refractivity contribution in [1.29, 1.82) is 0 Å². The van der Waals surface area contributed by atoms with E-state index in [-0.39, 0.29) is 11.6 Å². The topological polar surface area (TPSA) is 97.3 Å². The van der Waals surface area contributed by atoms with Gasteiger partial charge in [-0.3, -0.25) is 0 Å². The summed E-state index contributed by atoms with van der Waals surface area (Å²) in [6.45, 7) is 1.72. The number of aromatic carboxylic acids is 1. The highest BCUT2D eigenvalue weighted by Crippen LogP contribution is 2.35. The number of aromatic nitrogens is 3. The molecule has 2 aromatic heterocycles. The maximum absolute atomic E-state index is 11.3. The molecule has 0 unspecified atom stereocenters. The molecule has 29 heavy (non-hydrogen) atoms. The monoisotopic (exact) mass is 409 g/mol. The quantitative estimate of drug-likeness (QED) is 0.476. The molecule has 2 N–H and O–H groups in total. The molecule has 0 fully saturated rings. The molecule has 0 atom stereocenters. The van der Waals surface area contributed by atoms with Crippen LogP contribution in [-0.4, -0.2) is 33.1 Å². The molecule has 0 amide bonds. The van der Waals surface area contributed by atoms with Crippen LogP contribution in [0.5, 0.6) is 17.5 Å². The van der Waals surface area contributed by atoms with E-state index in [9.17, 15) is 9.90 Å². The number of halogens is 1. The Morgan fingerprint density at radius 2 is 1.93 bits per heavy atom. The van der Waals surface area contributed by atoms with Gasteiger partial charge in [0.2, 0.25) is 0 Å². The summed E-state index contributed by atoms with van der Waals surface area (Å²) in [4.78, 5) is 23.2. The molecule has 0 radical (unpaired) electrons. The van der Waals surface area contributed by atoms with Crippen LogP contribution in [0.3, 0.4) is 0 Å². The summed E-state index contributed by atoms with van der Waals surface area (Å²) in [5.41, 5.74) is 3.10. The van der Waals surface area contributed by atoms with Crippen LogP contribution < -0.4 is 9.47 Å². The number of carbonyl (C=O) groups is 1. The molecule has 2 aromatic carbocycles. The molecule has 0 saturated heterocycles. The third kappa shape index (κ3) is 3.60. The van der Waals surface area contributed by atoms with Crippen molar-refractivity contribution < 1.29 is 19.4 Å². The van der Waals surface area contributed by atoms with Crippen molar-refractivity contribution in [1.82, 2.24) is 15.0 Å². The number of pyridine rings is 1. The number of imidazole rings is 1. The fourth-order valence-corrected chi connectivity index (χ4v) is 3.23. The van der Waals surface area contributed by atoms with Gasteiger partial charge in [0.25, 0.3) is 0 Å². The van der Waals surface area contributed by atoms with E-state index in [1.807, 2.05) is 24.3 Å². The van der Waals surface area contributed by atoms with Crippen molar-refractivity contribution in [3.05, 3.63) is 64.7 Å². The van der Waals surface area contributed by atoms with Crippen LogP contribution in [0.2, 0.25) is 5.02 Å². The Hall–Kier alpha value is -3.58. The van der Waals surface area contributed by atoms with Gasteiger partial charge in [-0.15, -0.1) is 0 Å². The van der Waals surface area contributed by atoms with E-state index < -0.39 is 5.97 Å². The van der Waals surface area contributed by atoms with Gasteiger partial charge >= 0.3 is 12.0 Å². The number of nitrogens with zero attached hydrogens (tertiary/aromatic N) is 2. The number of hydrogen-bond donors (Lipinski definition) is 2. The maximum Gasteiger partial charge on any atom is 0.336 e. The SMILES string of the molecule is COc1ccccc1-c1nc2nc(Oc3ccc(C)c(C(=O)O)c3)[nH]c2cc1Cl. The third-order valence-corrected chi connectivity index (χ3v) is 4.71. The first-order valence-corrected chi connectivity index (χ1v) is 9.05. The number of nitrogens with one attached hydrogen (secondary N) is 1. The highest BCUT2D eigenvalue weighted by atomic mass is 35.5. The van der Waals surface area contributed by atoms with Crippen LogP contribution in [0.1, 0.15) is 15.9 Å². The number of benzene rings is 2. The van der Waals surface area contributed by atoms with E-state index in [2.05, 4.69) is 15.0 Å². The zero-order chi connectivity index (χ0) is 20.5. The Labute approximate surface area is 170 Å². The predicted molar refractivity (Wildman–Crippen MR) is 109 cm³/mol. The van der Waals surface area contributed by atoms with Crippen LogP contribution >= 0.6 is 11.6 Å². The molecule has 0 aliphatic rings. The summed E-state index contributed by atoms with van der Waals surface area (Å²) in [6.07, 6.45) is 0. The van der Waals surface area contributed by atoms with E-state index in [1.54, 1.807) is 32.2 Å². The van der Waals surface area contributed by atoms with Gasteiger partial charge in [-0.25, -0.2) is 9.78 Å². The van der Waals surface area contributed by atoms with E-state index in [0.29, 0.717) is 38.9 Å². The van der Waals surface area contributed by atoms with Gasteiger partial charge < -0.3 is 19.6 Å². The average molecular weight is 410 g/mol. The minimum absolute atomic E-state index is 0.165. The lowest BCUT2D eigenvalue weighted by Crippen LogP contribution is -2.00. The highest BCUT2D eigenvalue weighted by molar-refractivity contribution is 6.33. The second-order valence-electron chi connectivity index (χ2n) is 6.32. The Bertz CT molecular complexity index is 1240. The van der Waals surface area contributed by atoms with E-state index >= 15 is 0 Å². The second kappa shape index (κ2) is 7.44. The molecule has 146 valence electrons. The summed E-state index contributed by atoms with van der Waals surface area (Å²) in [5, 5.41) is 9.70. The molecule has 0 spiro atoms. The average Bonchev–Trinajstić information content (AvgIpc) is 3.09. The maximum atomic E-state index is 11.3. The molecule has 8 heteroatoms. The molecule has 4 aromatic rings. The van der Waals surface area contributed by atoms with Crippen LogP contribution in [-0.2, 0) is 0 Å². The molecule has 2 heterocycles. The van der Waals surface area contributed by atoms with Crippen molar-refractivity contribution in [2.75, 3.05) is 7.11 Å². The van der Waals surface area contributed by atoms with Crippen molar-refractivity contribution >= 4 is 28.7 Å². The van der Waals surface area contributed by atoms with Gasteiger partial charge in [0.1, 0.15) is 11.5 Å². The van der Waals surface area contributed by atoms with E-state index in [0.717, 1.165) is 5.56 Å². The van der Waals surface area contributed by atoms with Crippen molar-refractivity contribution in [2.24, 2.45) is 0 Å².